The first-order valence-electron chi connectivity index (χ1n) is 11.3. The Balaban J connectivity index is 1.33. The predicted molar refractivity (Wildman–Crippen MR) is 127 cm³/mol. The predicted octanol–water partition coefficient (Wildman–Crippen LogP) is 4.78. The number of likely N-dealkylation sites (tertiary alicyclic amines) is 1. The zero-order valence-electron chi connectivity index (χ0n) is 19.0. The van der Waals surface area contributed by atoms with Crippen LogP contribution in [0.3, 0.4) is 0 Å². The molecular formula is C27H26FN3O3. The summed E-state index contributed by atoms with van der Waals surface area (Å²) in [7, 11) is 1.64. The van der Waals surface area contributed by atoms with Crippen LogP contribution in [0.1, 0.15) is 23.7 Å². The third-order valence-corrected chi connectivity index (χ3v) is 6.19. The standard InChI is InChI=1S/C27H26FN3O3/c1-33-22-10-12-23(13-11-22)34-15-14-31-25-5-3-2-4-24(25)29-27(31)20-16-26(32)30(18-20)17-19-6-8-21(28)9-7-19/h2-13,20H,14-18H2,1H3/t20-/m1/s1. The number of para-hydroxylation sites is 2. The highest BCUT2D eigenvalue weighted by Gasteiger charge is 2.34. The van der Waals surface area contributed by atoms with E-state index < -0.39 is 0 Å². The number of hydrogen-bond donors (Lipinski definition) is 0. The summed E-state index contributed by atoms with van der Waals surface area (Å²) in [4.78, 5) is 19.5. The Labute approximate surface area is 197 Å². The van der Waals surface area contributed by atoms with E-state index >= 15 is 0 Å². The number of benzene rings is 3. The van der Waals surface area contributed by atoms with Gasteiger partial charge in [0.15, 0.2) is 0 Å². The van der Waals surface area contributed by atoms with Crippen molar-refractivity contribution in [3.63, 3.8) is 0 Å². The zero-order valence-corrected chi connectivity index (χ0v) is 19.0. The van der Waals surface area contributed by atoms with Crippen LogP contribution in [-0.4, -0.2) is 40.6 Å². The summed E-state index contributed by atoms with van der Waals surface area (Å²) in [6.07, 6.45) is 0.407. The Bertz CT molecular complexity index is 1280. The highest BCUT2D eigenvalue weighted by atomic mass is 19.1. The van der Waals surface area contributed by atoms with Crippen LogP contribution in [-0.2, 0) is 17.9 Å². The Kier molecular flexibility index (Phi) is 6.16. The lowest BCUT2D eigenvalue weighted by atomic mass is 10.1. The minimum atomic E-state index is -0.278. The van der Waals surface area contributed by atoms with Crippen LogP contribution in [0.15, 0.2) is 72.8 Å². The van der Waals surface area contributed by atoms with Crippen molar-refractivity contribution in [2.24, 2.45) is 0 Å². The van der Waals surface area contributed by atoms with E-state index in [4.69, 9.17) is 14.5 Å². The summed E-state index contributed by atoms with van der Waals surface area (Å²) in [6, 6.07) is 21.8. The summed E-state index contributed by atoms with van der Waals surface area (Å²) in [5, 5.41) is 0. The third kappa shape index (κ3) is 4.59. The van der Waals surface area contributed by atoms with Crippen molar-refractivity contribution in [1.29, 1.82) is 0 Å². The van der Waals surface area contributed by atoms with Gasteiger partial charge in [-0.15, -0.1) is 0 Å². The number of carbonyl (C=O) groups excluding carboxylic acids is 1. The zero-order chi connectivity index (χ0) is 23.5. The number of aromatic nitrogens is 2. The van der Waals surface area contributed by atoms with Crippen molar-refractivity contribution >= 4 is 16.9 Å². The van der Waals surface area contributed by atoms with Gasteiger partial charge in [0.2, 0.25) is 5.91 Å². The number of imidazole rings is 1. The van der Waals surface area contributed by atoms with Crippen LogP contribution in [0.25, 0.3) is 11.0 Å². The van der Waals surface area contributed by atoms with Gasteiger partial charge in [0, 0.05) is 25.4 Å². The first-order valence-corrected chi connectivity index (χ1v) is 11.3. The molecule has 2 heterocycles. The molecule has 0 spiro atoms. The maximum atomic E-state index is 13.2. The minimum Gasteiger partial charge on any atom is -0.497 e. The summed E-state index contributed by atoms with van der Waals surface area (Å²) in [5.74, 6) is 2.25. The molecule has 174 valence electrons. The lowest BCUT2D eigenvalue weighted by molar-refractivity contribution is -0.128. The second-order valence-corrected chi connectivity index (χ2v) is 8.44. The SMILES string of the molecule is COc1ccc(OCCn2c([C@@H]3CC(=O)N(Cc4ccc(F)cc4)C3)nc3ccccc32)cc1. The van der Waals surface area contributed by atoms with Crippen LogP contribution in [0.4, 0.5) is 4.39 Å². The molecule has 0 N–H and O–H groups in total. The first kappa shape index (κ1) is 21.9. The van der Waals surface area contributed by atoms with Gasteiger partial charge < -0.3 is 18.9 Å². The Morgan fingerprint density at radius 1 is 1.00 bits per heavy atom. The maximum Gasteiger partial charge on any atom is 0.223 e. The second-order valence-electron chi connectivity index (χ2n) is 8.44. The number of methoxy groups -OCH3 is 1. The molecule has 1 saturated heterocycles. The fourth-order valence-corrected chi connectivity index (χ4v) is 4.48. The van der Waals surface area contributed by atoms with Gasteiger partial charge in [-0.2, -0.15) is 0 Å². The Morgan fingerprint density at radius 2 is 1.74 bits per heavy atom. The monoisotopic (exact) mass is 459 g/mol. The number of hydrogen-bond acceptors (Lipinski definition) is 4. The molecule has 0 aliphatic carbocycles. The van der Waals surface area contributed by atoms with Gasteiger partial charge in [0.1, 0.15) is 29.7 Å². The number of halogens is 1. The lowest BCUT2D eigenvalue weighted by Crippen LogP contribution is -2.24. The molecule has 1 amide bonds. The van der Waals surface area contributed by atoms with Crippen molar-refractivity contribution in [2.75, 3.05) is 20.3 Å². The molecule has 7 heteroatoms. The van der Waals surface area contributed by atoms with Crippen molar-refractivity contribution in [1.82, 2.24) is 14.5 Å². The number of rotatable bonds is 8. The molecule has 6 nitrogen and oxygen atoms in total. The molecule has 1 aliphatic rings. The van der Waals surface area contributed by atoms with E-state index in [1.54, 1.807) is 19.2 Å². The second kappa shape index (κ2) is 9.55. The van der Waals surface area contributed by atoms with Gasteiger partial charge >= 0.3 is 0 Å². The molecule has 1 aliphatic heterocycles. The molecular weight excluding hydrogens is 433 g/mol. The minimum absolute atomic E-state index is 0.0127. The summed E-state index contributed by atoms with van der Waals surface area (Å²) < 4.78 is 26.6. The number of carbonyl (C=O) groups is 1. The van der Waals surface area contributed by atoms with Crippen molar-refractivity contribution in [3.8, 4) is 11.5 Å². The number of amides is 1. The fraction of sp³-hybridized carbons (Fsp3) is 0.259. The van der Waals surface area contributed by atoms with Gasteiger partial charge in [-0.05, 0) is 54.1 Å². The Morgan fingerprint density at radius 3 is 2.50 bits per heavy atom. The lowest BCUT2D eigenvalue weighted by Gasteiger charge is -2.17. The van der Waals surface area contributed by atoms with Crippen molar-refractivity contribution < 1.29 is 18.7 Å². The molecule has 5 rings (SSSR count). The highest BCUT2D eigenvalue weighted by Crippen LogP contribution is 2.31. The molecule has 0 saturated carbocycles. The first-order chi connectivity index (χ1) is 16.6. The average Bonchev–Trinajstić information content (AvgIpc) is 3.41. The average molecular weight is 460 g/mol. The van der Waals surface area contributed by atoms with E-state index in [1.165, 1.54) is 12.1 Å². The molecule has 4 aromatic rings. The largest absolute Gasteiger partial charge is 0.497 e. The van der Waals surface area contributed by atoms with Crippen LogP contribution in [0.5, 0.6) is 11.5 Å². The third-order valence-electron chi connectivity index (χ3n) is 6.19. The maximum absolute atomic E-state index is 13.2. The van der Waals surface area contributed by atoms with E-state index in [2.05, 4.69) is 4.57 Å². The van der Waals surface area contributed by atoms with Gasteiger partial charge in [-0.3, -0.25) is 4.79 Å². The van der Waals surface area contributed by atoms with Crippen molar-refractivity contribution in [3.05, 3.63) is 90.0 Å². The van der Waals surface area contributed by atoms with E-state index in [0.29, 0.717) is 32.7 Å². The molecule has 34 heavy (non-hydrogen) atoms. The number of ether oxygens (including phenoxy) is 2. The molecule has 3 aromatic carbocycles. The normalized spacial score (nSPS) is 15.8. The Hall–Kier alpha value is -3.87. The molecule has 1 aromatic heterocycles. The summed E-state index contributed by atoms with van der Waals surface area (Å²) in [5.41, 5.74) is 2.85. The molecule has 0 unspecified atom stereocenters. The molecule has 1 atom stereocenters. The van der Waals surface area contributed by atoms with Crippen molar-refractivity contribution in [2.45, 2.75) is 25.4 Å². The molecule has 1 fully saturated rings. The van der Waals surface area contributed by atoms with E-state index in [9.17, 15) is 9.18 Å². The van der Waals surface area contributed by atoms with Gasteiger partial charge in [-0.1, -0.05) is 24.3 Å². The van der Waals surface area contributed by atoms with Gasteiger partial charge in [0.25, 0.3) is 0 Å². The summed E-state index contributed by atoms with van der Waals surface area (Å²) >= 11 is 0. The fourth-order valence-electron chi connectivity index (χ4n) is 4.48. The van der Waals surface area contributed by atoms with Crippen LogP contribution in [0.2, 0.25) is 0 Å². The van der Waals surface area contributed by atoms with Gasteiger partial charge in [-0.25, -0.2) is 9.37 Å². The smallest absolute Gasteiger partial charge is 0.223 e. The van der Waals surface area contributed by atoms with Crippen LogP contribution in [0, 0.1) is 5.82 Å². The highest BCUT2D eigenvalue weighted by molar-refractivity contribution is 5.81. The quantitative estimate of drug-likeness (QED) is 0.381. The van der Waals surface area contributed by atoms with E-state index in [0.717, 1.165) is 33.9 Å². The summed E-state index contributed by atoms with van der Waals surface area (Å²) in [6.45, 7) is 2.14. The number of fused-ring (bicyclic) bond motifs is 1. The van der Waals surface area contributed by atoms with Gasteiger partial charge in [0.05, 0.1) is 24.7 Å². The number of nitrogens with zero attached hydrogens (tertiary/aromatic N) is 3. The topological polar surface area (TPSA) is 56.6 Å². The van der Waals surface area contributed by atoms with E-state index in [-0.39, 0.29) is 17.6 Å². The van der Waals surface area contributed by atoms with E-state index in [1.807, 2.05) is 53.4 Å². The van der Waals surface area contributed by atoms with Crippen LogP contribution >= 0.6 is 0 Å². The molecule has 0 radical (unpaired) electrons. The van der Waals surface area contributed by atoms with Crippen LogP contribution < -0.4 is 9.47 Å². The molecule has 0 bridgehead atoms.